The third-order valence-electron chi connectivity index (χ3n) is 3.99. The van der Waals surface area contributed by atoms with Gasteiger partial charge in [0.25, 0.3) is 5.91 Å². The molecule has 0 unspecified atom stereocenters. The van der Waals surface area contributed by atoms with Crippen LogP contribution in [0.25, 0.3) is 0 Å². The summed E-state index contributed by atoms with van der Waals surface area (Å²) >= 11 is 1.42. The number of nitrogens with zero attached hydrogens (tertiary/aromatic N) is 3. The highest BCUT2D eigenvalue weighted by atomic mass is 32.1. The molecule has 1 aliphatic rings. The van der Waals surface area contributed by atoms with Crippen molar-refractivity contribution in [2.24, 2.45) is 5.92 Å². The predicted molar refractivity (Wildman–Crippen MR) is 99.3 cm³/mol. The molecule has 2 heterocycles. The molecule has 0 atom stereocenters. The fraction of sp³-hybridized carbons (Fsp3) is 0.647. The van der Waals surface area contributed by atoms with Gasteiger partial charge in [-0.05, 0) is 12.8 Å². The van der Waals surface area contributed by atoms with Crippen LogP contribution in [-0.2, 0) is 20.8 Å². The minimum absolute atomic E-state index is 0.148. The van der Waals surface area contributed by atoms with Crippen molar-refractivity contribution in [3.8, 4) is 0 Å². The summed E-state index contributed by atoms with van der Waals surface area (Å²) in [6.45, 7) is 8.71. The first-order chi connectivity index (χ1) is 12.3. The van der Waals surface area contributed by atoms with Gasteiger partial charge in [-0.1, -0.05) is 13.8 Å². The number of carbonyl (C=O) groups is 3. The van der Waals surface area contributed by atoms with Gasteiger partial charge in [0.2, 0.25) is 11.8 Å². The van der Waals surface area contributed by atoms with Crippen molar-refractivity contribution in [3.05, 3.63) is 16.1 Å². The number of aromatic nitrogens is 1. The van der Waals surface area contributed by atoms with Gasteiger partial charge in [-0.25, -0.2) is 4.98 Å². The van der Waals surface area contributed by atoms with E-state index in [9.17, 15) is 14.4 Å². The van der Waals surface area contributed by atoms with Crippen LogP contribution in [0, 0.1) is 12.8 Å². The van der Waals surface area contributed by atoms with Gasteiger partial charge in [0.1, 0.15) is 5.01 Å². The lowest BCUT2D eigenvalue weighted by Gasteiger charge is -2.34. The maximum absolute atomic E-state index is 12.0. The molecule has 1 fully saturated rings. The molecule has 0 bridgehead atoms. The van der Waals surface area contributed by atoms with Crippen LogP contribution >= 0.6 is 11.3 Å². The largest absolute Gasteiger partial charge is 0.340 e. The smallest absolute Gasteiger partial charge is 0.252 e. The molecule has 8 nitrogen and oxygen atoms in total. The Balaban J connectivity index is 1.64. The number of amides is 3. The van der Waals surface area contributed by atoms with E-state index in [0.717, 1.165) is 10.7 Å². The molecule has 0 aromatic carbocycles. The summed E-state index contributed by atoms with van der Waals surface area (Å²) in [6, 6.07) is 0. The number of rotatable bonds is 6. The highest BCUT2D eigenvalue weighted by Crippen LogP contribution is 2.09. The van der Waals surface area contributed by atoms with Crippen molar-refractivity contribution in [3.63, 3.8) is 0 Å². The summed E-state index contributed by atoms with van der Waals surface area (Å²) in [7, 11) is 0. The Morgan fingerprint density at radius 2 is 1.81 bits per heavy atom. The minimum Gasteiger partial charge on any atom is -0.340 e. The van der Waals surface area contributed by atoms with E-state index < -0.39 is 0 Å². The minimum atomic E-state index is -0.295. The highest BCUT2D eigenvalue weighted by Gasteiger charge is 2.22. The number of nitrogens with one attached hydrogen (secondary N) is 2. The van der Waals surface area contributed by atoms with Gasteiger partial charge in [0.15, 0.2) is 0 Å². The van der Waals surface area contributed by atoms with Crippen molar-refractivity contribution in [1.82, 2.24) is 25.6 Å². The first-order valence-electron chi connectivity index (χ1n) is 8.82. The molecule has 1 saturated heterocycles. The predicted octanol–water partition coefficient (Wildman–Crippen LogP) is 0.332. The zero-order valence-corrected chi connectivity index (χ0v) is 16.4. The van der Waals surface area contributed by atoms with Gasteiger partial charge >= 0.3 is 0 Å². The van der Waals surface area contributed by atoms with Crippen LogP contribution in [0.1, 0.15) is 31.0 Å². The van der Waals surface area contributed by atoms with Crippen LogP contribution in [0.2, 0.25) is 0 Å². The van der Waals surface area contributed by atoms with Crippen molar-refractivity contribution >= 4 is 29.1 Å². The van der Waals surface area contributed by atoms with E-state index in [1.165, 1.54) is 11.3 Å². The number of hydrazine groups is 1. The Morgan fingerprint density at radius 3 is 2.38 bits per heavy atom. The Labute approximate surface area is 157 Å². The lowest BCUT2D eigenvalue weighted by atomic mass is 10.1. The summed E-state index contributed by atoms with van der Waals surface area (Å²) < 4.78 is 0. The van der Waals surface area contributed by atoms with E-state index in [1.54, 1.807) is 0 Å². The standard InChI is InChI=1S/C17H27N5O3S/c1-12(2)8-17(25)22-6-4-21(5-7-22)10-15(24)20-19-14(23)9-16-18-13(3)11-26-16/h11-12H,4-10H2,1-3H3,(H,19,23)(H,20,24). The zero-order chi connectivity index (χ0) is 19.1. The maximum atomic E-state index is 12.0. The second-order valence-corrected chi connectivity index (χ2v) is 7.85. The van der Waals surface area contributed by atoms with Crippen LogP contribution in [0.5, 0.6) is 0 Å². The Hall–Kier alpha value is -2.00. The molecule has 1 aromatic heterocycles. The number of carbonyl (C=O) groups excluding carboxylic acids is 3. The number of hydrogen-bond donors (Lipinski definition) is 2. The maximum Gasteiger partial charge on any atom is 0.252 e. The summed E-state index contributed by atoms with van der Waals surface area (Å²) in [5, 5.41) is 2.60. The number of piperazine rings is 1. The van der Waals surface area contributed by atoms with Gasteiger partial charge in [-0.2, -0.15) is 0 Å². The third-order valence-corrected chi connectivity index (χ3v) is 4.96. The first kappa shape index (κ1) is 20.3. The molecule has 144 valence electrons. The summed E-state index contributed by atoms with van der Waals surface area (Å²) in [5.41, 5.74) is 5.73. The zero-order valence-electron chi connectivity index (χ0n) is 15.6. The Kier molecular flexibility index (Phi) is 7.52. The SMILES string of the molecule is Cc1csc(CC(=O)NNC(=O)CN2CCN(C(=O)CC(C)C)CC2)n1. The van der Waals surface area contributed by atoms with E-state index >= 15 is 0 Å². The number of hydrogen-bond acceptors (Lipinski definition) is 6. The topological polar surface area (TPSA) is 94.6 Å². The average molecular weight is 382 g/mol. The Morgan fingerprint density at radius 1 is 1.15 bits per heavy atom. The van der Waals surface area contributed by atoms with Gasteiger partial charge in [0, 0.05) is 43.7 Å². The van der Waals surface area contributed by atoms with E-state index in [1.807, 2.05) is 36.0 Å². The van der Waals surface area contributed by atoms with E-state index in [2.05, 4.69) is 15.8 Å². The highest BCUT2D eigenvalue weighted by molar-refractivity contribution is 7.09. The molecule has 0 aliphatic carbocycles. The second kappa shape index (κ2) is 9.63. The molecular weight excluding hydrogens is 354 g/mol. The molecule has 0 saturated carbocycles. The van der Waals surface area contributed by atoms with Gasteiger partial charge in [-0.15, -0.1) is 11.3 Å². The summed E-state index contributed by atoms with van der Waals surface area (Å²) in [5.74, 6) is -0.0376. The first-order valence-corrected chi connectivity index (χ1v) is 9.70. The third kappa shape index (κ3) is 6.72. The van der Waals surface area contributed by atoms with Crippen molar-refractivity contribution in [1.29, 1.82) is 0 Å². The van der Waals surface area contributed by atoms with Crippen LogP contribution < -0.4 is 10.9 Å². The molecular formula is C17H27N5O3S. The summed E-state index contributed by atoms with van der Waals surface area (Å²) in [6.07, 6.45) is 0.709. The van der Waals surface area contributed by atoms with E-state index in [4.69, 9.17) is 0 Å². The number of aryl methyl sites for hydroxylation is 1. The van der Waals surface area contributed by atoms with Crippen molar-refractivity contribution < 1.29 is 14.4 Å². The quantitative estimate of drug-likeness (QED) is 0.693. The molecule has 0 spiro atoms. The Bertz CT molecular complexity index is 638. The average Bonchev–Trinajstić information content (AvgIpc) is 2.98. The fourth-order valence-electron chi connectivity index (χ4n) is 2.68. The second-order valence-electron chi connectivity index (χ2n) is 6.91. The van der Waals surface area contributed by atoms with Gasteiger partial charge in [0.05, 0.1) is 13.0 Å². The van der Waals surface area contributed by atoms with Gasteiger partial charge in [-0.3, -0.25) is 30.1 Å². The molecule has 1 aromatic rings. The van der Waals surface area contributed by atoms with Crippen LogP contribution in [0.4, 0.5) is 0 Å². The van der Waals surface area contributed by atoms with Gasteiger partial charge < -0.3 is 4.90 Å². The molecule has 1 aliphatic heterocycles. The van der Waals surface area contributed by atoms with E-state index in [-0.39, 0.29) is 30.7 Å². The monoisotopic (exact) mass is 381 g/mol. The molecule has 2 N–H and O–H groups in total. The van der Waals surface area contributed by atoms with Crippen molar-refractivity contribution in [2.75, 3.05) is 32.7 Å². The lowest BCUT2D eigenvalue weighted by Crippen LogP contribution is -2.53. The molecule has 0 radical (unpaired) electrons. The van der Waals surface area contributed by atoms with Crippen LogP contribution in [0.15, 0.2) is 5.38 Å². The van der Waals surface area contributed by atoms with E-state index in [0.29, 0.717) is 38.5 Å². The normalized spacial score (nSPS) is 15.2. The van der Waals surface area contributed by atoms with Crippen LogP contribution in [0.3, 0.4) is 0 Å². The molecule has 2 rings (SSSR count). The van der Waals surface area contributed by atoms with Crippen LogP contribution in [-0.4, -0.2) is 65.2 Å². The fourth-order valence-corrected chi connectivity index (χ4v) is 3.45. The molecule has 26 heavy (non-hydrogen) atoms. The molecule has 9 heteroatoms. The number of thiazole rings is 1. The lowest BCUT2D eigenvalue weighted by molar-refractivity contribution is -0.134. The summed E-state index contributed by atoms with van der Waals surface area (Å²) in [4.78, 5) is 43.9. The molecule has 3 amide bonds. The van der Waals surface area contributed by atoms with Crippen molar-refractivity contribution in [2.45, 2.75) is 33.6 Å².